The molecular formula is C20H14N2O5S. The third-order valence-electron chi connectivity index (χ3n) is 4.34. The molecule has 4 aromatic carbocycles. The van der Waals surface area contributed by atoms with Crippen LogP contribution in [0.5, 0.6) is 11.5 Å². The van der Waals surface area contributed by atoms with Crippen molar-refractivity contribution >= 4 is 43.0 Å². The van der Waals surface area contributed by atoms with E-state index in [0.29, 0.717) is 10.8 Å². The van der Waals surface area contributed by atoms with Crippen LogP contribution in [-0.4, -0.2) is 23.2 Å². The maximum absolute atomic E-state index is 12.0. The van der Waals surface area contributed by atoms with Gasteiger partial charge in [0.05, 0.1) is 0 Å². The lowest BCUT2D eigenvalue weighted by atomic mass is 10.1. The van der Waals surface area contributed by atoms with Crippen molar-refractivity contribution in [3.8, 4) is 11.5 Å². The van der Waals surface area contributed by atoms with Crippen molar-refractivity contribution in [3.63, 3.8) is 0 Å². The van der Waals surface area contributed by atoms with Crippen molar-refractivity contribution in [1.82, 2.24) is 0 Å². The summed E-state index contributed by atoms with van der Waals surface area (Å²) in [4.78, 5) is -0.549. The number of phenolic OH excluding ortho intramolecular Hbond substituents is 2. The molecule has 0 fully saturated rings. The third kappa shape index (κ3) is 3.04. The van der Waals surface area contributed by atoms with E-state index in [2.05, 4.69) is 10.2 Å². The molecule has 0 aliphatic carbocycles. The van der Waals surface area contributed by atoms with Crippen LogP contribution >= 0.6 is 0 Å². The first kappa shape index (κ1) is 17.9. The Balaban J connectivity index is 1.99. The summed E-state index contributed by atoms with van der Waals surface area (Å²) >= 11 is 0. The molecule has 0 aliphatic heterocycles. The molecule has 0 heterocycles. The van der Waals surface area contributed by atoms with Crippen molar-refractivity contribution < 1.29 is 23.2 Å². The van der Waals surface area contributed by atoms with Crippen LogP contribution in [0.4, 0.5) is 11.4 Å². The fourth-order valence-corrected chi connectivity index (χ4v) is 3.95. The minimum absolute atomic E-state index is 0.118. The van der Waals surface area contributed by atoms with Crippen LogP contribution in [0.15, 0.2) is 81.9 Å². The Morgan fingerprint density at radius 1 is 0.679 bits per heavy atom. The highest BCUT2D eigenvalue weighted by atomic mass is 32.2. The molecule has 8 heteroatoms. The van der Waals surface area contributed by atoms with E-state index >= 15 is 0 Å². The summed E-state index contributed by atoms with van der Waals surface area (Å²) in [7, 11) is -4.72. The fourth-order valence-electron chi connectivity index (χ4n) is 3.10. The Bertz CT molecular complexity index is 1360. The Labute approximate surface area is 160 Å². The highest BCUT2D eigenvalue weighted by molar-refractivity contribution is 7.86. The van der Waals surface area contributed by atoms with Gasteiger partial charge in [-0.05, 0) is 22.9 Å². The second kappa shape index (κ2) is 6.59. The van der Waals surface area contributed by atoms with E-state index in [9.17, 15) is 23.2 Å². The molecule has 4 rings (SSSR count). The number of azo groups is 1. The van der Waals surface area contributed by atoms with Crippen molar-refractivity contribution in [2.45, 2.75) is 4.90 Å². The highest BCUT2D eigenvalue weighted by Gasteiger charge is 2.23. The molecule has 0 atom stereocenters. The fraction of sp³-hybridized carbons (Fsp3) is 0. The number of nitrogens with zero attached hydrogens (tertiary/aromatic N) is 2. The van der Waals surface area contributed by atoms with Crippen LogP contribution in [0.2, 0.25) is 0 Å². The zero-order valence-corrected chi connectivity index (χ0v) is 15.1. The molecule has 0 unspecified atom stereocenters. The molecule has 140 valence electrons. The predicted octanol–water partition coefficient (Wildman–Crippen LogP) is 5.07. The van der Waals surface area contributed by atoms with Crippen LogP contribution in [0.3, 0.4) is 0 Å². The molecule has 0 amide bonds. The first-order chi connectivity index (χ1) is 13.4. The predicted molar refractivity (Wildman–Crippen MR) is 105 cm³/mol. The van der Waals surface area contributed by atoms with Crippen molar-refractivity contribution in [2.24, 2.45) is 10.2 Å². The van der Waals surface area contributed by atoms with Gasteiger partial charge in [0, 0.05) is 10.8 Å². The lowest BCUT2D eigenvalue weighted by Crippen LogP contribution is -2.00. The van der Waals surface area contributed by atoms with Crippen LogP contribution in [0, 0.1) is 0 Å². The monoisotopic (exact) mass is 394 g/mol. The van der Waals surface area contributed by atoms with Crippen LogP contribution in [0.1, 0.15) is 0 Å². The van der Waals surface area contributed by atoms with Gasteiger partial charge in [0.1, 0.15) is 27.8 Å². The third-order valence-corrected chi connectivity index (χ3v) is 5.27. The van der Waals surface area contributed by atoms with Gasteiger partial charge in [-0.1, -0.05) is 54.6 Å². The number of rotatable bonds is 3. The van der Waals surface area contributed by atoms with Crippen LogP contribution < -0.4 is 0 Å². The standard InChI is InChI=1S/C20H14N2O5S/c23-16-10-9-12-5-1-3-7-14(12)18(16)21-22-19-17(24)11-13-6-2-4-8-15(13)20(19)28(25,26)27/h1-11,23-24H,(H,25,26,27). The Morgan fingerprint density at radius 3 is 2.00 bits per heavy atom. The lowest BCUT2D eigenvalue weighted by Gasteiger charge is -2.09. The van der Waals surface area contributed by atoms with Crippen molar-refractivity contribution in [1.29, 1.82) is 0 Å². The maximum atomic E-state index is 12.0. The number of aromatic hydroxyl groups is 2. The van der Waals surface area contributed by atoms with Crippen LogP contribution in [-0.2, 0) is 10.1 Å². The van der Waals surface area contributed by atoms with E-state index in [4.69, 9.17) is 0 Å². The van der Waals surface area contributed by atoms with Gasteiger partial charge in [-0.15, -0.1) is 10.2 Å². The molecule has 0 bridgehead atoms. The highest BCUT2D eigenvalue weighted by Crippen LogP contribution is 2.42. The summed E-state index contributed by atoms with van der Waals surface area (Å²) in [5.74, 6) is -0.620. The lowest BCUT2D eigenvalue weighted by molar-refractivity contribution is 0.468. The zero-order valence-electron chi connectivity index (χ0n) is 14.3. The minimum Gasteiger partial charge on any atom is -0.506 e. The Morgan fingerprint density at radius 2 is 1.29 bits per heavy atom. The Kier molecular flexibility index (Phi) is 4.21. The van der Waals surface area contributed by atoms with Gasteiger partial charge in [0.2, 0.25) is 0 Å². The van der Waals surface area contributed by atoms with E-state index in [1.165, 1.54) is 18.2 Å². The van der Waals surface area contributed by atoms with E-state index in [0.717, 1.165) is 5.39 Å². The first-order valence-electron chi connectivity index (χ1n) is 8.21. The van der Waals surface area contributed by atoms with Gasteiger partial charge in [0.15, 0.2) is 0 Å². The Hall–Kier alpha value is -3.49. The largest absolute Gasteiger partial charge is 0.506 e. The summed E-state index contributed by atoms with van der Waals surface area (Å²) in [5.41, 5.74) is -0.291. The van der Waals surface area contributed by atoms with E-state index in [1.54, 1.807) is 36.4 Å². The molecule has 3 N–H and O–H groups in total. The summed E-state index contributed by atoms with van der Waals surface area (Å²) in [5, 5.41) is 30.4. The number of benzene rings is 4. The van der Waals surface area contributed by atoms with Gasteiger partial charge in [0.25, 0.3) is 10.1 Å². The number of phenols is 2. The molecule has 7 nitrogen and oxygen atoms in total. The second-order valence-electron chi connectivity index (χ2n) is 6.12. The van der Waals surface area contributed by atoms with Gasteiger partial charge in [-0.25, -0.2) is 0 Å². The molecule has 0 radical (unpaired) electrons. The molecule has 28 heavy (non-hydrogen) atoms. The summed E-state index contributed by atoms with van der Waals surface area (Å²) < 4.78 is 33.7. The molecule has 4 aromatic rings. The molecule has 0 aromatic heterocycles. The molecule has 0 saturated carbocycles. The quantitative estimate of drug-likeness (QED) is 0.331. The number of fused-ring (bicyclic) bond motifs is 2. The topological polar surface area (TPSA) is 120 Å². The number of hydrogen-bond donors (Lipinski definition) is 3. The summed E-state index contributed by atoms with van der Waals surface area (Å²) in [6.07, 6.45) is 0. The van der Waals surface area contributed by atoms with E-state index < -0.39 is 26.5 Å². The SMILES string of the molecule is O=S(=O)(O)c1c(N=Nc2c(O)ccc3ccccc23)c(O)cc2ccccc12. The zero-order chi connectivity index (χ0) is 19.9. The van der Waals surface area contributed by atoms with Gasteiger partial charge >= 0.3 is 0 Å². The summed E-state index contributed by atoms with van der Waals surface area (Å²) in [6, 6.07) is 18.0. The molecule has 0 spiro atoms. The van der Waals surface area contributed by atoms with E-state index in [-0.39, 0.29) is 16.8 Å². The van der Waals surface area contributed by atoms with E-state index in [1.807, 2.05) is 12.1 Å². The molecule has 0 saturated heterocycles. The smallest absolute Gasteiger partial charge is 0.297 e. The second-order valence-corrected chi connectivity index (χ2v) is 7.48. The summed E-state index contributed by atoms with van der Waals surface area (Å²) in [6.45, 7) is 0. The number of hydrogen-bond acceptors (Lipinski definition) is 6. The van der Waals surface area contributed by atoms with Crippen LogP contribution in [0.25, 0.3) is 21.5 Å². The first-order valence-corrected chi connectivity index (χ1v) is 9.65. The van der Waals surface area contributed by atoms with Gasteiger partial charge in [-0.3, -0.25) is 4.55 Å². The van der Waals surface area contributed by atoms with Gasteiger partial charge < -0.3 is 10.2 Å². The maximum Gasteiger partial charge on any atom is 0.297 e. The van der Waals surface area contributed by atoms with Gasteiger partial charge in [-0.2, -0.15) is 8.42 Å². The molecule has 0 aliphatic rings. The normalized spacial score (nSPS) is 12.2. The average molecular weight is 394 g/mol. The van der Waals surface area contributed by atoms with Crippen molar-refractivity contribution in [3.05, 3.63) is 66.7 Å². The van der Waals surface area contributed by atoms with Crippen molar-refractivity contribution in [2.75, 3.05) is 0 Å². The molecular weight excluding hydrogens is 380 g/mol. The minimum atomic E-state index is -4.72. The average Bonchev–Trinajstić information content (AvgIpc) is 2.66.